The summed E-state index contributed by atoms with van der Waals surface area (Å²) in [5.41, 5.74) is 6.11. The Morgan fingerprint density at radius 3 is 2.71 bits per heavy atom. The molecular formula is C28H28N4O3. The number of rotatable bonds is 9. The largest absolute Gasteiger partial charge is 0.493 e. The first kappa shape index (κ1) is 23.9. The van der Waals surface area contributed by atoms with Gasteiger partial charge in [-0.15, -0.1) is 0 Å². The highest BCUT2D eigenvalue weighted by molar-refractivity contribution is 6.07. The van der Waals surface area contributed by atoms with Crippen LogP contribution < -0.4 is 14.9 Å². The van der Waals surface area contributed by atoms with Crippen LogP contribution in [0.25, 0.3) is 22.2 Å². The standard InChI is InChI=1S/C28H28N4O3/c1-19(2)12-14-35-26-11-10-20(15-27(26)34-3)17-30-32-28(33)23-16-25(21-7-6-13-29-18-21)31-24-9-5-4-8-22(23)24/h4-11,13,15-19H,12,14H2,1-3H3,(H,32,33). The molecule has 1 amide bonds. The number of carbonyl (C=O) groups is 1. The zero-order valence-corrected chi connectivity index (χ0v) is 20.1. The van der Waals surface area contributed by atoms with Crippen molar-refractivity contribution in [3.63, 3.8) is 0 Å². The van der Waals surface area contributed by atoms with Crippen molar-refractivity contribution >= 4 is 23.0 Å². The fourth-order valence-electron chi connectivity index (χ4n) is 3.54. The molecule has 7 heteroatoms. The number of carbonyl (C=O) groups excluding carboxylic acids is 1. The summed E-state index contributed by atoms with van der Waals surface area (Å²) in [5.74, 6) is 1.53. The third kappa shape index (κ3) is 6.00. The molecule has 2 aromatic carbocycles. The molecular weight excluding hydrogens is 440 g/mol. The van der Waals surface area contributed by atoms with Crippen LogP contribution in [0.15, 0.2) is 78.2 Å². The van der Waals surface area contributed by atoms with Crippen molar-refractivity contribution in [2.24, 2.45) is 11.0 Å². The minimum absolute atomic E-state index is 0.328. The molecule has 0 aliphatic rings. The maximum atomic E-state index is 13.1. The number of para-hydroxylation sites is 1. The lowest BCUT2D eigenvalue weighted by molar-refractivity contribution is 0.0956. The van der Waals surface area contributed by atoms with Gasteiger partial charge in [-0.1, -0.05) is 32.0 Å². The Balaban J connectivity index is 1.52. The van der Waals surface area contributed by atoms with E-state index in [0.717, 1.165) is 28.5 Å². The van der Waals surface area contributed by atoms with Gasteiger partial charge in [0.15, 0.2) is 11.5 Å². The normalized spacial score (nSPS) is 11.2. The van der Waals surface area contributed by atoms with Crippen molar-refractivity contribution in [3.8, 4) is 22.8 Å². The fraction of sp³-hybridized carbons (Fsp3) is 0.214. The summed E-state index contributed by atoms with van der Waals surface area (Å²) in [4.78, 5) is 21.9. The molecule has 0 spiro atoms. The monoisotopic (exact) mass is 468 g/mol. The molecule has 35 heavy (non-hydrogen) atoms. The van der Waals surface area contributed by atoms with Gasteiger partial charge in [-0.05, 0) is 60.4 Å². The van der Waals surface area contributed by atoms with Gasteiger partial charge in [0, 0.05) is 23.3 Å². The van der Waals surface area contributed by atoms with Crippen LogP contribution in [0.1, 0.15) is 36.2 Å². The van der Waals surface area contributed by atoms with Gasteiger partial charge in [-0.3, -0.25) is 9.78 Å². The van der Waals surface area contributed by atoms with E-state index in [2.05, 4.69) is 29.4 Å². The number of hydrogen-bond donors (Lipinski definition) is 1. The summed E-state index contributed by atoms with van der Waals surface area (Å²) in [6.45, 7) is 4.93. The van der Waals surface area contributed by atoms with Crippen molar-refractivity contribution in [1.82, 2.24) is 15.4 Å². The molecule has 0 aliphatic heterocycles. The number of methoxy groups -OCH3 is 1. The lowest BCUT2D eigenvalue weighted by Crippen LogP contribution is -2.18. The number of amides is 1. The Bertz CT molecular complexity index is 1340. The van der Waals surface area contributed by atoms with Gasteiger partial charge in [-0.25, -0.2) is 10.4 Å². The molecule has 0 radical (unpaired) electrons. The summed E-state index contributed by atoms with van der Waals surface area (Å²) >= 11 is 0. The van der Waals surface area contributed by atoms with Crippen LogP contribution in [-0.2, 0) is 0 Å². The van der Waals surface area contributed by atoms with E-state index in [0.29, 0.717) is 35.3 Å². The van der Waals surface area contributed by atoms with Gasteiger partial charge < -0.3 is 9.47 Å². The van der Waals surface area contributed by atoms with E-state index in [4.69, 9.17) is 14.5 Å². The van der Waals surface area contributed by atoms with Crippen molar-refractivity contribution in [2.45, 2.75) is 20.3 Å². The first-order valence-electron chi connectivity index (χ1n) is 11.5. The summed E-state index contributed by atoms with van der Waals surface area (Å²) < 4.78 is 11.3. The first-order valence-corrected chi connectivity index (χ1v) is 11.5. The van der Waals surface area contributed by atoms with E-state index in [1.165, 1.54) is 0 Å². The number of fused-ring (bicyclic) bond motifs is 1. The highest BCUT2D eigenvalue weighted by Crippen LogP contribution is 2.28. The lowest BCUT2D eigenvalue weighted by atomic mass is 10.0. The van der Waals surface area contributed by atoms with Gasteiger partial charge >= 0.3 is 0 Å². The molecule has 2 heterocycles. The summed E-state index contributed by atoms with van der Waals surface area (Å²) in [5, 5.41) is 4.91. The Kier molecular flexibility index (Phi) is 7.67. The molecule has 0 aliphatic carbocycles. The highest BCUT2D eigenvalue weighted by atomic mass is 16.5. The fourth-order valence-corrected chi connectivity index (χ4v) is 3.54. The number of aromatic nitrogens is 2. The van der Waals surface area contributed by atoms with E-state index in [1.807, 2.05) is 54.6 Å². The molecule has 2 aromatic heterocycles. The number of hydrogen-bond acceptors (Lipinski definition) is 6. The topological polar surface area (TPSA) is 85.7 Å². The second kappa shape index (κ2) is 11.2. The van der Waals surface area contributed by atoms with E-state index in [1.54, 1.807) is 31.8 Å². The highest BCUT2D eigenvalue weighted by Gasteiger charge is 2.14. The van der Waals surface area contributed by atoms with Crippen LogP contribution in [0.4, 0.5) is 0 Å². The molecule has 7 nitrogen and oxygen atoms in total. The smallest absolute Gasteiger partial charge is 0.272 e. The molecule has 4 aromatic rings. The Morgan fingerprint density at radius 2 is 1.94 bits per heavy atom. The summed E-state index contributed by atoms with van der Waals surface area (Å²) in [6.07, 6.45) is 5.96. The van der Waals surface area contributed by atoms with Crippen LogP contribution in [0, 0.1) is 5.92 Å². The zero-order chi connectivity index (χ0) is 24.6. The second-order valence-corrected chi connectivity index (χ2v) is 8.45. The van der Waals surface area contributed by atoms with Gasteiger partial charge in [0.25, 0.3) is 5.91 Å². The van der Waals surface area contributed by atoms with E-state index >= 15 is 0 Å². The van der Waals surface area contributed by atoms with Crippen LogP contribution in [0.5, 0.6) is 11.5 Å². The zero-order valence-electron chi connectivity index (χ0n) is 20.1. The van der Waals surface area contributed by atoms with Crippen LogP contribution in [0.3, 0.4) is 0 Å². The van der Waals surface area contributed by atoms with Crippen LogP contribution in [0.2, 0.25) is 0 Å². The van der Waals surface area contributed by atoms with Crippen molar-refractivity contribution in [2.75, 3.05) is 13.7 Å². The Morgan fingerprint density at radius 1 is 1.09 bits per heavy atom. The summed E-state index contributed by atoms with van der Waals surface area (Å²) in [7, 11) is 1.60. The van der Waals surface area contributed by atoms with Gasteiger partial charge in [0.05, 0.1) is 36.7 Å². The molecule has 4 rings (SSSR count). The van der Waals surface area contributed by atoms with Crippen LogP contribution in [-0.4, -0.2) is 35.8 Å². The predicted molar refractivity (Wildman–Crippen MR) is 138 cm³/mol. The molecule has 0 atom stereocenters. The third-order valence-corrected chi connectivity index (χ3v) is 5.44. The average Bonchev–Trinajstić information content (AvgIpc) is 2.88. The van der Waals surface area contributed by atoms with Crippen LogP contribution >= 0.6 is 0 Å². The van der Waals surface area contributed by atoms with E-state index in [-0.39, 0.29) is 5.91 Å². The number of pyridine rings is 2. The number of nitrogens with one attached hydrogen (secondary N) is 1. The molecule has 178 valence electrons. The quantitative estimate of drug-likeness (QED) is 0.259. The summed E-state index contributed by atoms with van der Waals surface area (Å²) in [6, 6.07) is 18.6. The van der Waals surface area contributed by atoms with Crippen molar-refractivity contribution < 1.29 is 14.3 Å². The van der Waals surface area contributed by atoms with Crippen molar-refractivity contribution in [3.05, 3.63) is 84.2 Å². The van der Waals surface area contributed by atoms with E-state index in [9.17, 15) is 4.79 Å². The molecule has 0 saturated carbocycles. The average molecular weight is 469 g/mol. The van der Waals surface area contributed by atoms with Gasteiger partial charge in [0.1, 0.15) is 0 Å². The second-order valence-electron chi connectivity index (χ2n) is 8.45. The molecule has 0 bridgehead atoms. The number of hydrazone groups is 1. The number of benzene rings is 2. The SMILES string of the molecule is COc1cc(C=NNC(=O)c2cc(-c3cccnc3)nc3ccccc23)ccc1OCCC(C)C. The maximum Gasteiger partial charge on any atom is 0.272 e. The van der Waals surface area contributed by atoms with Gasteiger partial charge in [-0.2, -0.15) is 5.10 Å². The molecule has 1 N–H and O–H groups in total. The number of nitrogens with zero attached hydrogens (tertiary/aromatic N) is 3. The van der Waals surface area contributed by atoms with Gasteiger partial charge in [0.2, 0.25) is 0 Å². The maximum absolute atomic E-state index is 13.1. The lowest BCUT2D eigenvalue weighted by Gasteiger charge is -2.12. The first-order chi connectivity index (χ1) is 17.0. The minimum Gasteiger partial charge on any atom is -0.493 e. The number of ether oxygens (including phenoxy) is 2. The van der Waals surface area contributed by atoms with Crippen molar-refractivity contribution in [1.29, 1.82) is 0 Å². The third-order valence-electron chi connectivity index (χ3n) is 5.44. The Labute approximate surface area is 204 Å². The molecule has 0 fully saturated rings. The minimum atomic E-state index is -0.328. The Hall–Kier alpha value is -4.26. The molecule has 0 unspecified atom stereocenters. The molecule has 0 saturated heterocycles. The van der Waals surface area contributed by atoms with E-state index < -0.39 is 0 Å². The predicted octanol–water partition coefficient (Wildman–Crippen LogP) is 5.49.